The van der Waals surface area contributed by atoms with Crippen LogP contribution in [0.25, 0.3) is 0 Å². The zero-order valence-corrected chi connectivity index (χ0v) is 13.4. The first kappa shape index (κ1) is 16.0. The summed E-state index contributed by atoms with van der Waals surface area (Å²) in [6, 6.07) is 0.308. The maximum atomic E-state index is 12.4. The molecule has 0 saturated carbocycles. The monoisotopic (exact) mass is 294 g/mol. The summed E-state index contributed by atoms with van der Waals surface area (Å²) in [4.78, 5) is 38.7. The molecule has 5 heteroatoms. The van der Waals surface area contributed by atoms with E-state index in [1.54, 1.807) is 0 Å². The van der Waals surface area contributed by atoms with E-state index in [0.717, 1.165) is 25.8 Å². The minimum Gasteiger partial charge on any atom is -0.340 e. The molecule has 0 N–H and O–H groups in total. The number of rotatable bonds is 4. The topological polar surface area (TPSA) is 57.7 Å². The van der Waals surface area contributed by atoms with Gasteiger partial charge < -0.3 is 4.90 Å². The maximum Gasteiger partial charge on any atom is 0.229 e. The van der Waals surface area contributed by atoms with Crippen molar-refractivity contribution in [1.29, 1.82) is 0 Å². The van der Waals surface area contributed by atoms with Crippen molar-refractivity contribution in [3.8, 4) is 0 Å². The summed E-state index contributed by atoms with van der Waals surface area (Å²) in [5.41, 5.74) is 0.203. The summed E-state index contributed by atoms with van der Waals surface area (Å²) in [5, 5.41) is 0. The Balaban J connectivity index is 1.87. The Hall–Kier alpha value is -1.39. The average molecular weight is 294 g/mol. The molecule has 21 heavy (non-hydrogen) atoms. The first-order valence-corrected chi connectivity index (χ1v) is 7.90. The molecule has 2 rings (SSSR count). The quantitative estimate of drug-likeness (QED) is 0.745. The van der Waals surface area contributed by atoms with Gasteiger partial charge in [-0.3, -0.25) is 19.3 Å². The zero-order valence-electron chi connectivity index (χ0n) is 13.4. The van der Waals surface area contributed by atoms with Crippen molar-refractivity contribution >= 4 is 17.7 Å². The van der Waals surface area contributed by atoms with Gasteiger partial charge in [0.2, 0.25) is 17.7 Å². The van der Waals surface area contributed by atoms with E-state index in [0.29, 0.717) is 18.9 Å². The first-order chi connectivity index (χ1) is 9.78. The molecule has 0 aliphatic carbocycles. The van der Waals surface area contributed by atoms with Gasteiger partial charge in [-0.15, -0.1) is 0 Å². The smallest absolute Gasteiger partial charge is 0.229 e. The van der Waals surface area contributed by atoms with E-state index in [-0.39, 0.29) is 36.1 Å². The molecule has 0 aromatic carbocycles. The lowest BCUT2D eigenvalue weighted by Crippen LogP contribution is -2.40. The molecule has 1 unspecified atom stereocenters. The van der Waals surface area contributed by atoms with Crippen molar-refractivity contribution < 1.29 is 14.4 Å². The van der Waals surface area contributed by atoms with E-state index in [9.17, 15) is 14.4 Å². The SMILES string of the molecule is CC(C)(C)CC1CCCN1C(=O)CCN1C(=O)CCC1=O. The number of likely N-dealkylation sites (tertiary alicyclic amines) is 2. The van der Waals surface area contributed by atoms with Crippen LogP contribution in [0.3, 0.4) is 0 Å². The van der Waals surface area contributed by atoms with Crippen molar-refractivity contribution in [3.63, 3.8) is 0 Å². The van der Waals surface area contributed by atoms with Gasteiger partial charge in [-0.05, 0) is 24.7 Å². The van der Waals surface area contributed by atoms with Gasteiger partial charge in [0, 0.05) is 38.4 Å². The number of hydrogen-bond acceptors (Lipinski definition) is 3. The molecule has 0 spiro atoms. The van der Waals surface area contributed by atoms with E-state index in [2.05, 4.69) is 20.8 Å². The second kappa shape index (κ2) is 6.16. The van der Waals surface area contributed by atoms with Crippen LogP contribution in [0, 0.1) is 5.41 Å². The van der Waals surface area contributed by atoms with E-state index >= 15 is 0 Å². The number of nitrogens with zero attached hydrogens (tertiary/aromatic N) is 2. The highest BCUT2D eigenvalue weighted by Gasteiger charge is 2.33. The lowest BCUT2D eigenvalue weighted by molar-refractivity contribution is -0.139. The Morgan fingerprint density at radius 3 is 2.38 bits per heavy atom. The molecule has 3 amide bonds. The number of amides is 3. The van der Waals surface area contributed by atoms with Crippen LogP contribution in [0.4, 0.5) is 0 Å². The van der Waals surface area contributed by atoms with E-state index in [1.165, 1.54) is 4.90 Å². The van der Waals surface area contributed by atoms with Crippen LogP contribution in [-0.4, -0.2) is 46.7 Å². The fraction of sp³-hybridized carbons (Fsp3) is 0.812. The molecule has 2 aliphatic heterocycles. The van der Waals surface area contributed by atoms with Gasteiger partial charge in [0.25, 0.3) is 0 Å². The highest BCUT2D eigenvalue weighted by atomic mass is 16.2. The first-order valence-electron chi connectivity index (χ1n) is 7.90. The average Bonchev–Trinajstić information content (AvgIpc) is 2.93. The van der Waals surface area contributed by atoms with Crippen LogP contribution >= 0.6 is 0 Å². The van der Waals surface area contributed by atoms with Crippen LogP contribution in [0.1, 0.15) is 59.3 Å². The third-order valence-corrected chi connectivity index (χ3v) is 4.25. The molecular weight excluding hydrogens is 268 g/mol. The van der Waals surface area contributed by atoms with Crippen molar-refractivity contribution in [3.05, 3.63) is 0 Å². The molecule has 0 bridgehead atoms. The largest absolute Gasteiger partial charge is 0.340 e. The third kappa shape index (κ3) is 4.05. The molecule has 118 valence electrons. The Bertz CT molecular complexity index is 423. The predicted molar refractivity (Wildman–Crippen MR) is 79.4 cm³/mol. The molecule has 2 aliphatic rings. The molecule has 2 fully saturated rings. The third-order valence-electron chi connectivity index (χ3n) is 4.25. The molecule has 2 heterocycles. The lowest BCUT2D eigenvalue weighted by Gasteiger charge is -2.30. The minimum absolute atomic E-state index is 0.0780. The highest BCUT2D eigenvalue weighted by molar-refractivity contribution is 6.02. The lowest BCUT2D eigenvalue weighted by atomic mass is 9.87. The second-order valence-electron chi connectivity index (χ2n) is 7.34. The summed E-state index contributed by atoms with van der Waals surface area (Å²) in [6.45, 7) is 7.62. The molecule has 0 aromatic rings. The number of carbonyl (C=O) groups is 3. The molecular formula is C16H26N2O3. The van der Waals surface area contributed by atoms with Crippen LogP contribution in [0.15, 0.2) is 0 Å². The van der Waals surface area contributed by atoms with Gasteiger partial charge in [0.15, 0.2) is 0 Å². The number of imide groups is 1. The maximum absolute atomic E-state index is 12.4. The van der Waals surface area contributed by atoms with Crippen LogP contribution in [0.2, 0.25) is 0 Å². The molecule has 0 aromatic heterocycles. The van der Waals surface area contributed by atoms with Crippen LogP contribution < -0.4 is 0 Å². The van der Waals surface area contributed by atoms with Gasteiger partial charge in [0.05, 0.1) is 0 Å². The molecule has 2 saturated heterocycles. The summed E-state index contributed by atoms with van der Waals surface area (Å²) >= 11 is 0. The van der Waals surface area contributed by atoms with Gasteiger partial charge in [-0.25, -0.2) is 0 Å². The Morgan fingerprint density at radius 1 is 1.19 bits per heavy atom. The van der Waals surface area contributed by atoms with E-state index < -0.39 is 0 Å². The Morgan fingerprint density at radius 2 is 1.81 bits per heavy atom. The summed E-state index contributed by atoms with van der Waals surface area (Å²) in [5.74, 6) is -0.199. The summed E-state index contributed by atoms with van der Waals surface area (Å²) in [7, 11) is 0. The molecule has 5 nitrogen and oxygen atoms in total. The van der Waals surface area contributed by atoms with Gasteiger partial charge in [-0.2, -0.15) is 0 Å². The predicted octanol–water partition coefficient (Wildman–Crippen LogP) is 1.95. The fourth-order valence-electron chi connectivity index (χ4n) is 3.31. The Kier molecular flexibility index (Phi) is 4.69. The van der Waals surface area contributed by atoms with Crippen molar-refractivity contribution in [2.75, 3.05) is 13.1 Å². The van der Waals surface area contributed by atoms with Gasteiger partial charge in [0.1, 0.15) is 0 Å². The van der Waals surface area contributed by atoms with Crippen LogP contribution in [0.5, 0.6) is 0 Å². The van der Waals surface area contributed by atoms with Crippen molar-refractivity contribution in [1.82, 2.24) is 9.80 Å². The van der Waals surface area contributed by atoms with E-state index in [1.807, 2.05) is 4.90 Å². The summed E-state index contributed by atoms with van der Waals surface area (Å²) < 4.78 is 0. The summed E-state index contributed by atoms with van der Waals surface area (Å²) in [6.07, 6.45) is 3.96. The van der Waals surface area contributed by atoms with Gasteiger partial charge >= 0.3 is 0 Å². The van der Waals surface area contributed by atoms with Crippen molar-refractivity contribution in [2.24, 2.45) is 5.41 Å². The molecule has 0 radical (unpaired) electrons. The second-order valence-corrected chi connectivity index (χ2v) is 7.34. The normalized spacial score (nSPS) is 23.3. The fourth-order valence-corrected chi connectivity index (χ4v) is 3.31. The van der Waals surface area contributed by atoms with Crippen molar-refractivity contribution in [2.45, 2.75) is 65.3 Å². The van der Waals surface area contributed by atoms with Crippen LogP contribution in [-0.2, 0) is 14.4 Å². The minimum atomic E-state index is -0.138. The van der Waals surface area contributed by atoms with E-state index in [4.69, 9.17) is 0 Å². The Labute approximate surface area is 126 Å². The van der Waals surface area contributed by atoms with Gasteiger partial charge in [-0.1, -0.05) is 20.8 Å². The zero-order chi connectivity index (χ0) is 15.6. The number of hydrogen-bond donors (Lipinski definition) is 0. The highest BCUT2D eigenvalue weighted by Crippen LogP contribution is 2.30. The molecule has 1 atom stereocenters. The number of carbonyl (C=O) groups excluding carboxylic acids is 3. The standard InChI is InChI=1S/C16H26N2O3/c1-16(2,3)11-12-5-4-9-17(12)15(21)8-10-18-13(19)6-7-14(18)20/h12H,4-11H2,1-3H3.